The van der Waals surface area contributed by atoms with Crippen LogP contribution in [-0.2, 0) is 4.79 Å². The number of carboxylic acid groups (broad SMARTS) is 1. The molecule has 7 nitrogen and oxygen atoms in total. The summed E-state index contributed by atoms with van der Waals surface area (Å²) < 4.78 is 4.89. The van der Waals surface area contributed by atoms with E-state index in [-0.39, 0.29) is 17.9 Å². The van der Waals surface area contributed by atoms with Crippen molar-refractivity contribution < 1.29 is 23.9 Å². The molecule has 2 rings (SSSR count). The third-order valence-corrected chi connectivity index (χ3v) is 3.74. The third-order valence-electron chi connectivity index (χ3n) is 3.74. The number of furan rings is 1. The van der Waals surface area contributed by atoms with Crippen molar-refractivity contribution in [3.63, 3.8) is 0 Å². The van der Waals surface area contributed by atoms with Crippen LogP contribution in [0.5, 0.6) is 0 Å². The molecule has 0 radical (unpaired) electrons. The van der Waals surface area contributed by atoms with E-state index in [1.807, 2.05) is 0 Å². The van der Waals surface area contributed by atoms with Crippen LogP contribution in [-0.4, -0.2) is 29.4 Å². The normalized spacial score (nSPS) is 16.8. The van der Waals surface area contributed by atoms with Gasteiger partial charge >= 0.3 is 5.97 Å². The summed E-state index contributed by atoms with van der Waals surface area (Å²) in [6, 6.07) is 1.14. The Balaban J connectivity index is 2.00. The van der Waals surface area contributed by atoms with Gasteiger partial charge in [-0.3, -0.25) is 9.59 Å². The summed E-state index contributed by atoms with van der Waals surface area (Å²) in [4.78, 5) is 34.1. The Morgan fingerprint density at radius 2 is 2.00 bits per heavy atom. The van der Waals surface area contributed by atoms with Crippen LogP contribution in [0, 0.1) is 5.41 Å². The lowest BCUT2D eigenvalue weighted by molar-refractivity contribution is -0.127. The van der Waals surface area contributed by atoms with E-state index in [1.165, 1.54) is 0 Å². The highest BCUT2D eigenvalue weighted by molar-refractivity contribution is 5.95. The largest absolute Gasteiger partial charge is 0.478 e. The molecule has 20 heavy (non-hydrogen) atoms. The van der Waals surface area contributed by atoms with E-state index in [2.05, 4.69) is 5.32 Å². The highest BCUT2D eigenvalue weighted by atomic mass is 16.4. The van der Waals surface area contributed by atoms with E-state index >= 15 is 0 Å². The molecule has 108 valence electrons. The minimum Gasteiger partial charge on any atom is -0.478 e. The van der Waals surface area contributed by atoms with Crippen molar-refractivity contribution in [2.24, 2.45) is 11.1 Å². The van der Waals surface area contributed by atoms with Crippen LogP contribution in [0.15, 0.2) is 16.7 Å². The molecule has 0 unspecified atom stereocenters. The van der Waals surface area contributed by atoms with Crippen molar-refractivity contribution in [2.75, 3.05) is 6.54 Å². The van der Waals surface area contributed by atoms with Gasteiger partial charge in [-0.1, -0.05) is 12.8 Å². The maximum absolute atomic E-state index is 11.9. The Morgan fingerprint density at radius 1 is 1.35 bits per heavy atom. The molecule has 7 heteroatoms. The van der Waals surface area contributed by atoms with Gasteiger partial charge in [-0.15, -0.1) is 0 Å². The van der Waals surface area contributed by atoms with Crippen molar-refractivity contribution in [1.82, 2.24) is 5.32 Å². The zero-order valence-electron chi connectivity index (χ0n) is 10.8. The molecule has 0 spiro atoms. The number of aromatic carboxylic acids is 1. The minimum atomic E-state index is -1.17. The standard InChI is InChI=1S/C13H16N2O5/c14-12(19)13(3-1-2-4-13)7-15-10(16)9-5-8(6-20-9)11(17)18/h5-6H,1-4,7H2,(H2,14,19)(H,15,16)(H,17,18). The number of rotatable bonds is 5. The van der Waals surface area contributed by atoms with Crippen LogP contribution in [0.3, 0.4) is 0 Å². The Labute approximate surface area is 115 Å². The molecule has 0 atom stereocenters. The zero-order chi connectivity index (χ0) is 14.8. The molecule has 1 aromatic heterocycles. The van der Waals surface area contributed by atoms with E-state index in [9.17, 15) is 14.4 Å². The number of carboxylic acids is 1. The van der Waals surface area contributed by atoms with Gasteiger partial charge in [0.1, 0.15) is 6.26 Å². The molecule has 1 heterocycles. The van der Waals surface area contributed by atoms with E-state index in [1.54, 1.807) is 0 Å². The number of hydrogen-bond donors (Lipinski definition) is 3. The Hall–Kier alpha value is -2.31. The van der Waals surface area contributed by atoms with Gasteiger partial charge in [-0.2, -0.15) is 0 Å². The average Bonchev–Trinajstić information content (AvgIpc) is 3.06. The molecule has 1 aliphatic carbocycles. The van der Waals surface area contributed by atoms with Crippen LogP contribution in [0.4, 0.5) is 0 Å². The predicted octanol–water partition coefficient (Wildman–Crippen LogP) is 0.753. The predicted molar refractivity (Wildman–Crippen MR) is 68.1 cm³/mol. The number of hydrogen-bond acceptors (Lipinski definition) is 4. The molecule has 0 aromatic carbocycles. The summed E-state index contributed by atoms with van der Waals surface area (Å²) in [7, 11) is 0. The molecule has 1 aliphatic rings. The SMILES string of the molecule is NC(=O)C1(CNC(=O)c2cc(C(=O)O)co2)CCCC1. The highest BCUT2D eigenvalue weighted by Crippen LogP contribution is 2.37. The summed E-state index contributed by atoms with van der Waals surface area (Å²) in [5, 5.41) is 11.3. The number of nitrogens with one attached hydrogen (secondary N) is 1. The van der Waals surface area contributed by atoms with Crippen molar-refractivity contribution >= 4 is 17.8 Å². The van der Waals surface area contributed by atoms with Gasteiger partial charge < -0.3 is 20.6 Å². The lowest BCUT2D eigenvalue weighted by Gasteiger charge is -2.24. The molecule has 4 N–H and O–H groups in total. The maximum Gasteiger partial charge on any atom is 0.338 e. The lowest BCUT2D eigenvalue weighted by atomic mass is 9.85. The number of primary amides is 1. The number of carbonyl (C=O) groups excluding carboxylic acids is 2. The zero-order valence-corrected chi connectivity index (χ0v) is 10.8. The fraction of sp³-hybridized carbons (Fsp3) is 0.462. The summed E-state index contributed by atoms with van der Waals surface area (Å²) in [5.41, 5.74) is 4.62. The molecular weight excluding hydrogens is 264 g/mol. The minimum absolute atomic E-state index is 0.0966. The highest BCUT2D eigenvalue weighted by Gasteiger charge is 2.39. The van der Waals surface area contributed by atoms with Crippen molar-refractivity contribution in [3.8, 4) is 0 Å². The van der Waals surface area contributed by atoms with E-state index in [0.29, 0.717) is 12.8 Å². The van der Waals surface area contributed by atoms with Crippen molar-refractivity contribution in [1.29, 1.82) is 0 Å². The van der Waals surface area contributed by atoms with E-state index in [4.69, 9.17) is 15.3 Å². The van der Waals surface area contributed by atoms with Crippen LogP contribution in [0.2, 0.25) is 0 Å². The maximum atomic E-state index is 11.9. The summed E-state index contributed by atoms with van der Waals surface area (Å²) in [5.74, 6) is -2.23. The number of nitrogens with two attached hydrogens (primary N) is 1. The van der Waals surface area contributed by atoms with Crippen molar-refractivity contribution in [2.45, 2.75) is 25.7 Å². The van der Waals surface area contributed by atoms with Gasteiger partial charge in [0, 0.05) is 12.6 Å². The first-order valence-corrected chi connectivity index (χ1v) is 6.34. The van der Waals surface area contributed by atoms with Crippen LogP contribution >= 0.6 is 0 Å². The van der Waals surface area contributed by atoms with Crippen LogP contribution < -0.4 is 11.1 Å². The second-order valence-electron chi connectivity index (χ2n) is 5.04. The number of amides is 2. The molecule has 0 saturated heterocycles. The Kier molecular flexibility index (Phi) is 3.78. The molecule has 0 bridgehead atoms. The first-order valence-electron chi connectivity index (χ1n) is 6.34. The van der Waals surface area contributed by atoms with E-state index < -0.39 is 23.2 Å². The van der Waals surface area contributed by atoms with Gasteiger partial charge in [-0.05, 0) is 12.8 Å². The first-order chi connectivity index (χ1) is 9.44. The van der Waals surface area contributed by atoms with Gasteiger partial charge in [0.05, 0.1) is 11.0 Å². The topological polar surface area (TPSA) is 123 Å². The third kappa shape index (κ3) is 2.66. The second kappa shape index (κ2) is 5.36. The van der Waals surface area contributed by atoms with Gasteiger partial charge in [0.15, 0.2) is 5.76 Å². The van der Waals surface area contributed by atoms with E-state index in [0.717, 1.165) is 25.2 Å². The number of carbonyl (C=O) groups is 3. The molecule has 0 aliphatic heterocycles. The first kappa shape index (κ1) is 14.1. The molecule has 1 aromatic rings. The molecular formula is C13H16N2O5. The monoisotopic (exact) mass is 280 g/mol. The fourth-order valence-corrected chi connectivity index (χ4v) is 2.47. The second-order valence-corrected chi connectivity index (χ2v) is 5.04. The molecule has 2 amide bonds. The van der Waals surface area contributed by atoms with Crippen LogP contribution in [0.1, 0.15) is 46.6 Å². The molecule has 1 saturated carbocycles. The van der Waals surface area contributed by atoms with Gasteiger partial charge in [0.2, 0.25) is 5.91 Å². The Bertz CT molecular complexity index is 543. The summed E-state index contributed by atoms with van der Waals surface area (Å²) in [6.07, 6.45) is 4.12. The fourth-order valence-electron chi connectivity index (χ4n) is 2.47. The Morgan fingerprint density at radius 3 is 2.50 bits per heavy atom. The van der Waals surface area contributed by atoms with Gasteiger partial charge in [0.25, 0.3) is 5.91 Å². The van der Waals surface area contributed by atoms with Crippen LogP contribution in [0.25, 0.3) is 0 Å². The quantitative estimate of drug-likeness (QED) is 0.734. The lowest BCUT2D eigenvalue weighted by Crippen LogP contribution is -2.44. The average molecular weight is 280 g/mol. The molecule has 1 fully saturated rings. The van der Waals surface area contributed by atoms with Gasteiger partial charge in [-0.25, -0.2) is 4.79 Å². The summed E-state index contributed by atoms with van der Waals surface area (Å²) >= 11 is 0. The van der Waals surface area contributed by atoms with Crippen molar-refractivity contribution in [3.05, 3.63) is 23.7 Å². The summed E-state index contributed by atoms with van der Waals surface area (Å²) in [6.45, 7) is 0.143. The smallest absolute Gasteiger partial charge is 0.338 e.